The predicted molar refractivity (Wildman–Crippen MR) is 40.9 cm³/mol. The van der Waals surface area contributed by atoms with E-state index < -0.39 is 12.0 Å². The lowest BCUT2D eigenvalue weighted by Crippen LogP contribution is -2.56. The van der Waals surface area contributed by atoms with Crippen LogP contribution in [0.1, 0.15) is 32.6 Å². The van der Waals surface area contributed by atoms with Gasteiger partial charge in [0.15, 0.2) is 0 Å². The van der Waals surface area contributed by atoms with Crippen molar-refractivity contribution in [1.29, 1.82) is 0 Å². The third kappa shape index (κ3) is 1.70. The van der Waals surface area contributed by atoms with Gasteiger partial charge >= 0.3 is 0 Å². The molecule has 0 atom stereocenters. The van der Waals surface area contributed by atoms with Gasteiger partial charge in [0.05, 0.1) is 5.54 Å². The molecule has 0 saturated heterocycles. The Labute approximate surface area is 66.2 Å². The smallest absolute Gasteiger partial charge is 0.256 e. The highest BCUT2D eigenvalue weighted by molar-refractivity contribution is 4.97. The number of alkyl halides is 2. The Bertz CT molecular complexity index is 121. The molecule has 0 aromatic carbocycles. The predicted octanol–water partition coefficient (Wildman–Crippen LogP) is 2.17. The van der Waals surface area contributed by atoms with Gasteiger partial charge < -0.3 is 5.32 Å². The molecule has 0 radical (unpaired) electrons. The lowest BCUT2D eigenvalue weighted by atomic mass is 9.77. The third-order valence-electron chi connectivity index (χ3n) is 2.39. The maximum Gasteiger partial charge on any atom is 0.256 e. The molecule has 11 heavy (non-hydrogen) atoms. The molecule has 1 nitrogen and oxygen atoms in total. The van der Waals surface area contributed by atoms with Crippen LogP contribution in [0, 0.1) is 0 Å². The molecule has 1 fully saturated rings. The lowest BCUT2D eigenvalue weighted by molar-refractivity contribution is -0.0180. The minimum atomic E-state index is -2.19. The molecule has 1 aliphatic rings. The number of nitrogens with one attached hydrogen (secondary N) is 1. The van der Waals surface area contributed by atoms with E-state index >= 15 is 0 Å². The summed E-state index contributed by atoms with van der Waals surface area (Å²) in [5.74, 6) is 0. The highest BCUT2D eigenvalue weighted by Gasteiger charge is 2.44. The van der Waals surface area contributed by atoms with Crippen molar-refractivity contribution in [2.75, 3.05) is 6.54 Å². The molecular formula is C8H15F2N. The average molecular weight is 163 g/mol. The van der Waals surface area contributed by atoms with Crippen molar-refractivity contribution in [3.8, 4) is 0 Å². The van der Waals surface area contributed by atoms with Gasteiger partial charge in [-0.2, -0.15) is 0 Å². The minimum absolute atomic E-state index is 0.644. The summed E-state index contributed by atoms with van der Waals surface area (Å²) in [7, 11) is 0. The summed E-state index contributed by atoms with van der Waals surface area (Å²) in [5, 5.41) is 2.93. The van der Waals surface area contributed by atoms with Gasteiger partial charge in [-0.3, -0.25) is 0 Å². The molecule has 0 heterocycles. The van der Waals surface area contributed by atoms with Crippen LogP contribution in [0.5, 0.6) is 0 Å². The molecule has 0 unspecified atom stereocenters. The van der Waals surface area contributed by atoms with Crippen molar-refractivity contribution in [3.05, 3.63) is 0 Å². The second-order valence-electron chi connectivity index (χ2n) is 3.24. The van der Waals surface area contributed by atoms with Crippen molar-refractivity contribution in [2.24, 2.45) is 0 Å². The molecule has 0 aliphatic heterocycles. The van der Waals surface area contributed by atoms with Crippen LogP contribution in [0.3, 0.4) is 0 Å². The summed E-state index contributed by atoms with van der Waals surface area (Å²) in [6, 6.07) is 0. The Kier molecular flexibility index (Phi) is 2.82. The van der Waals surface area contributed by atoms with Gasteiger partial charge in [-0.15, -0.1) is 0 Å². The molecule has 0 amide bonds. The summed E-state index contributed by atoms with van der Waals surface area (Å²) in [5.41, 5.74) is -0.810. The van der Waals surface area contributed by atoms with E-state index in [1.165, 1.54) is 0 Å². The van der Waals surface area contributed by atoms with Gasteiger partial charge in [0.25, 0.3) is 6.43 Å². The third-order valence-corrected chi connectivity index (χ3v) is 2.39. The number of rotatable bonds is 4. The number of halogens is 2. The van der Waals surface area contributed by atoms with Crippen LogP contribution in [-0.2, 0) is 0 Å². The van der Waals surface area contributed by atoms with Gasteiger partial charge in [-0.05, 0) is 32.2 Å². The summed E-state index contributed by atoms with van der Waals surface area (Å²) >= 11 is 0. The van der Waals surface area contributed by atoms with Crippen molar-refractivity contribution >= 4 is 0 Å². The monoisotopic (exact) mass is 163 g/mol. The van der Waals surface area contributed by atoms with Crippen LogP contribution in [0.4, 0.5) is 8.78 Å². The van der Waals surface area contributed by atoms with Crippen LogP contribution in [0.15, 0.2) is 0 Å². The van der Waals surface area contributed by atoms with E-state index in [1.807, 2.05) is 6.92 Å². The first-order valence-corrected chi connectivity index (χ1v) is 4.24. The van der Waals surface area contributed by atoms with Gasteiger partial charge in [-0.25, -0.2) is 8.78 Å². The summed E-state index contributed by atoms with van der Waals surface area (Å²) < 4.78 is 24.8. The molecule has 3 heteroatoms. The number of hydrogen-bond acceptors (Lipinski definition) is 1. The molecule has 1 saturated carbocycles. The fraction of sp³-hybridized carbons (Fsp3) is 1.00. The fourth-order valence-electron chi connectivity index (χ4n) is 1.40. The van der Waals surface area contributed by atoms with E-state index in [2.05, 4.69) is 5.32 Å². The molecule has 66 valence electrons. The Morgan fingerprint density at radius 1 is 1.45 bits per heavy atom. The molecule has 0 aromatic heterocycles. The van der Waals surface area contributed by atoms with Gasteiger partial charge in [0.2, 0.25) is 0 Å². The normalized spacial score (nSPS) is 21.8. The van der Waals surface area contributed by atoms with Gasteiger partial charge in [-0.1, -0.05) is 6.92 Å². The Morgan fingerprint density at radius 2 is 2.09 bits per heavy atom. The van der Waals surface area contributed by atoms with Crippen LogP contribution in [-0.4, -0.2) is 18.5 Å². The maximum atomic E-state index is 12.4. The van der Waals surface area contributed by atoms with Crippen molar-refractivity contribution < 1.29 is 8.78 Å². The topological polar surface area (TPSA) is 12.0 Å². The zero-order chi connectivity index (χ0) is 8.32. The number of hydrogen-bond donors (Lipinski definition) is 1. The molecule has 0 bridgehead atoms. The maximum absolute atomic E-state index is 12.4. The van der Waals surface area contributed by atoms with E-state index in [0.29, 0.717) is 19.4 Å². The van der Waals surface area contributed by atoms with E-state index in [9.17, 15) is 8.78 Å². The van der Waals surface area contributed by atoms with Crippen LogP contribution >= 0.6 is 0 Å². The van der Waals surface area contributed by atoms with E-state index in [0.717, 1.165) is 12.8 Å². The Balaban J connectivity index is 2.34. The van der Waals surface area contributed by atoms with E-state index in [-0.39, 0.29) is 0 Å². The Hall–Kier alpha value is -0.180. The van der Waals surface area contributed by atoms with Crippen molar-refractivity contribution in [1.82, 2.24) is 5.32 Å². The zero-order valence-electron chi connectivity index (χ0n) is 6.87. The second kappa shape index (κ2) is 3.48. The molecule has 0 aromatic rings. The molecule has 1 N–H and O–H groups in total. The van der Waals surface area contributed by atoms with E-state index in [4.69, 9.17) is 0 Å². The van der Waals surface area contributed by atoms with Crippen LogP contribution < -0.4 is 5.32 Å². The molecular weight excluding hydrogens is 148 g/mol. The highest BCUT2D eigenvalue weighted by atomic mass is 19.3. The summed E-state index contributed by atoms with van der Waals surface area (Å²) in [4.78, 5) is 0. The van der Waals surface area contributed by atoms with Crippen molar-refractivity contribution in [3.63, 3.8) is 0 Å². The fourth-order valence-corrected chi connectivity index (χ4v) is 1.40. The first kappa shape index (κ1) is 8.91. The van der Waals surface area contributed by atoms with Gasteiger partial charge in [0.1, 0.15) is 0 Å². The first-order chi connectivity index (χ1) is 5.21. The van der Waals surface area contributed by atoms with Gasteiger partial charge in [0, 0.05) is 0 Å². The lowest BCUT2D eigenvalue weighted by Gasteiger charge is -2.41. The molecule has 0 spiro atoms. The Morgan fingerprint density at radius 3 is 2.36 bits per heavy atom. The van der Waals surface area contributed by atoms with E-state index in [1.54, 1.807) is 0 Å². The average Bonchev–Trinajstić information content (AvgIpc) is 1.85. The minimum Gasteiger partial charge on any atom is -0.306 e. The quantitative estimate of drug-likeness (QED) is 0.669. The molecule has 1 aliphatic carbocycles. The zero-order valence-corrected chi connectivity index (χ0v) is 6.87. The summed E-state index contributed by atoms with van der Waals surface area (Å²) in [6.45, 7) is 2.70. The largest absolute Gasteiger partial charge is 0.306 e. The first-order valence-electron chi connectivity index (χ1n) is 4.24. The van der Waals surface area contributed by atoms with Crippen molar-refractivity contribution in [2.45, 2.75) is 44.6 Å². The van der Waals surface area contributed by atoms with Crippen LogP contribution in [0.25, 0.3) is 0 Å². The second-order valence-corrected chi connectivity index (χ2v) is 3.24. The standard InChI is InChI=1S/C8H15F2N/c1-2-6-11-8(7(9)10)4-3-5-8/h7,11H,2-6H2,1H3. The van der Waals surface area contributed by atoms with Crippen LogP contribution in [0.2, 0.25) is 0 Å². The highest BCUT2D eigenvalue weighted by Crippen LogP contribution is 2.36. The summed E-state index contributed by atoms with van der Waals surface area (Å²) in [6.07, 6.45) is 0.966. The SMILES string of the molecule is CCCNC1(C(F)F)CCC1. The molecule has 1 rings (SSSR count).